The van der Waals surface area contributed by atoms with E-state index in [9.17, 15) is 27.9 Å². The minimum absolute atomic E-state index is 0.163. The number of imide groups is 1. The number of hydrogen-bond acceptors (Lipinski definition) is 9. The third-order valence-corrected chi connectivity index (χ3v) is 11.5. The van der Waals surface area contributed by atoms with Crippen molar-refractivity contribution in [3.63, 3.8) is 0 Å². The Morgan fingerprint density at radius 1 is 1.15 bits per heavy atom. The highest BCUT2D eigenvalue weighted by Gasteiger charge is 2.65. The van der Waals surface area contributed by atoms with E-state index in [1.165, 1.54) is 17.8 Å². The molecule has 3 unspecified atom stereocenters. The Balaban J connectivity index is 1.34. The summed E-state index contributed by atoms with van der Waals surface area (Å²) < 4.78 is 37.1. The fourth-order valence-electron chi connectivity index (χ4n) is 6.78. The molecule has 2 saturated carbocycles. The number of amides is 2. The van der Waals surface area contributed by atoms with Crippen molar-refractivity contribution in [1.82, 2.24) is 5.06 Å². The minimum Gasteiger partial charge on any atom is -0.465 e. The topological polar surface area (TPSA) is 127 Å². The summed E-state index contributed by atoms with van der Waals surface area (Å²) >= 11 is 1.44. The van der Waals surface area contributed by atoms with Crippen LogP contribution in [0.5, 0.6) is 0 Å². The highest BCUT2D eigenvalue weighted by atomic mass is 32.2. The number of carbonyl (C=O) groups excluding carboxylic acids is 3. The first kappa shape index (κ1) is 29.0. The van der Waals surface area contributed by atoms with Crippen molar-refractivity contribution in [2.45, 2.75) is 70.3 Å². The van der Waals surface area contributed by atoms with Crippen LogP contribution in [0, 0.1) is 16.7 Å². The first-order valence-electron chi connectivity index (χ1n) is 13.7. The van der Waals surface area contributed by atoms with E-state index in [0.29, 0.717) is 40.9 Å². The van der Waals surface area contributed by atoms with Gasteiger partial charge in [-0.05, 0) is 60.6 Å². The molecule has 216 valence electrons. The van der Waals surface area contributed by atoms with Gasteiger partial charge in [-0.25, -0.2) is 0 Å². The number of fused-ring (bicyclic) bond motifs is 2. The van der Waals surface area contributed by atoms with Crippen molar-refractivity contribution in [3.8, 4) is 0 Å². The Morgan fingerprint density at radius 3 is 2.52 bits per heavy atom. The zero-order chi connectivity index (χ0) is 28.9. The fraction of sp³-hybridized carbons (Fsp3) is 0.552. The minimum atomic E-state index is -4.41. The van der Waals surface area contributed by atoms with E-state index in [1.54, 1.807) is 24.3 Å². The number of hydrogen-bond donors (Lipinski definition) is 1. The van der Waals surface area contributed by atoms with Gasteiger partial charge in [0.1, 0.15) is 6.61 Å². The molecule has 40 heavy (non-hydrogen) atoms. The number of ether oxygens (including phenoxy) is 1. The SMILES string of the molecule is CCCCC(=O)OCCSc1ccc2c3c(cccc13)C(=O)N(OS(=O)(=O)CC13CCC(CC1O)C3(C)C)C2=O. The molecule has 2 fully saturated rings. The molecule has 5 rings (SSSR count). The molecule has 3 atom stereocenters. The molecule has 1 aliphatic heterocycles. The molecular weight excluding hydrogens is 554 g/mol. The van der Waals surface area contributed by atoms with Crippen LogP contribution in [0.4, 0.5) is 0 Å². The predicted octanol–water partition coefficient (Wildman–Crippen LogP) is 4.71. The van der Waals surface area contributed by atoms with Crippen LogP contribution in [-0.4, -0.2) is 60.6 Å². The molecule has 2 aliphatic carbocycles. The van der Waals surface area contributed by atoms with Crippen molar-refractivity contribution in [1.29, 1.82) is 0 Å². The highest BCUT2D eigenvalue weighted by molar-refractivity contribution is 7.99. The molecule has 9 nitrogen and oxygen atoms in total. The lowest BCUT2D eigenvalue weighted by Gasteiger charge is -2.40. The van der Waals surface area contributed by atoms with Crippen LogP contribution in [0.1, 0.15) is 80.0 Å². The van der Waals surface area contributed by atoms with Crippen molar-refractivity contribution in [3.05, 3.63) is 41.5 Å². The van der Waals surface area contributed by atoms with Gasteiger partial charge in [0.2, 0.25) is 0 Å². The summed E-state index contributed by atoms with van der Waals surface area (Å²) in [6, 6.07) is 8.30. The number of rotatable bonds is 11. The Bertz CT molecular complexity index is 1450. The van der Waals surface area contributed by atoms with E-state index < -0.39 is 44.6 Å². The Kier molecular flexibility index (Phi) is 7.80. The lowest BCUT2D eigenvalue weighted by molar-refractivity contribution is -0.143. The van der Waals surface area contributed by atoms with Gasteiger partial charge in [0, 0.05) is 27.9 Å². The second-order valence-corrected chi connectivity index (χ2v) is 14.2. The second kappa shape index (κ2) is 10.7. The van der Waals surface area contributed by atoms with Crippen LogP contribution < -0.4 is 0 Å². The molecule has 0 aromatic heterocycles. The summed E-state index contributed by atoms with van der Waals surface area (Å²) in [6.45, 7) is 6.18. The van der Waals surface area contributed by atoms with E-state index in [1.807, 2.05) is 20.8 Å². The molecule has 2 aromatic carbocycles. The summed E-state index contributed by atoms with van der Waals surface area (Å²) in [5.74, 6) is -1.71. The molecule has 2 aromatic rings. The molecule has 0 saturated heterocycles. The standard InChI is InChI=1S/C29H35NO8S2/c1-4-5-9-24(32)37-14-15-39-22-11-10-21-25-19(22)7-6-8-20(25)26(33)30(27(21)34)38-40(35,36)17-29-13-12-18(16-23(29)31)28(29,2)3/h6-8,10-11,18,23,31H,4-5,9,12-17H2,1-3H3. The zero-order valence-electron chi connectivity index (χ0n) is 23.0. The zero-order valence-corrected chi connectivity index (χ0v) is 24.6. The van der Waals surface area contributed by atoms with Gasteiger partial charge in [0.05, 0.1) is 23.0 Å². The molecule has 2 bridgehead atoms. The molecule has 3 aliphatic rings. The second-order valence-electron chi connectivity index (χ2n) is 11.6. The maximum atomic E-state index is 13.4. The average molecular weight is 590 g/mol. The van der Waals surface area contributed by atoms with Crippen molar-refractivity contribution < 1.29 is 36.9 Å². The van der Waals surface area contributed by atoms with Crippen molar-refractivity contribution >= 4 is 50.4 Å². The van der Waals surface area contributed by atoms with Gasteiger partial charge in [0.15, 0.2) is 0 Å². The lowest BCUT2D eigenvalue weighted by Crippen LogP contribution is -2.48. The van der Waals surface area contributed by atoms with Crippen LogP contribution in [0.15, 0.2) is 35.2 Å². The molecule has 0 radical (unpaired) electrons. The molecule has 11 heteroatoms. The monoisotopic (exact) mass is 589 g/mol. The number of nitrogens with zero attached hydrogens (tertiary/aromatic N) is 1. The Hall–Kier alpha value is -2.47. The quantitative estimate of drug-likeness (QED) is 0.172. The first-order valence-corrected chi connectivity index (χ1v) is 16.3. The Morgan fingerprint density at radius 2 is 1.88 bits per heavy atom. The average Bonchev–Trinajstić information content (AvgIpc) is 3.25. The maximum Gasteiger partial charge on any atom is 0.305 e. The number of aliphatic hydroxyl groups excluding tert-OH is 1. The Labute approximate surface area is 238 Å². The van der Waals surface area contributed by atoms with E-state index in [0.717, 1.165) is 24.2 Å². The van der Waals surface area contributed by atoms with Crippen molar-refractivity contribution in [2.24, 2.45) is 16.7 Å². The fourth-order valence-corrected chi connectivity index (χ4v) is 9.41. The number of aliphatic hydroxyl groups is 1. The number of unbranched alkanes of at least 4 members (excludes halogenated alkanes) is 1. The van der Waals surface area contributed by atoms with Crippen LogP contribution in [0.2, 0.25) is 0 Å². The van der Waals surface area contributed by atoms with Gasteiger partial charge in [-0.15, -0.1) is 21.1 Å². The van der Waals surface area contributed by atoms with Crippen LogP contribution in [0.25, 0.3) is 10.8 Å². The third kappa shape index (κ3) is 4.84. The van der Waals surface area contributed by atoms with E-state index >= 15 is 0 Å². The summed E-state index contributed by atoms with van der Waals surface area (Å²) in [6.07, 6.45) is 3.18. The van der Waals surface area contributed by atoms with Crippen LogP contribution in [0.3, 0.4) is 0 Å². The first-order chi connectivity index (χ1) is 18.9. The summed E-state index contributed by atoms with van der Waals surface area (Å²) in [5.41, 5.74) is -0.988. The summed E-state index contributed by atoms with van der Waals surface area (Å²) in [5, 5.41) is 12.2. The number of esters is 1. The highest BCUT2D eigenvalue weighted by Crippen LogP contribution is 2.66. The van der Waals surface area contributed by atoms with Gasteiger partial charge < -0.3 is 9.84 Å². The number of benzene rings is 2. The van der Waals surface area contributed by atoms with Gasteiger partial charge >= 0.3 is 5.97 Å². The number of thioether (sulfide) groups is 1. The van der Waals surface area contributed by atoms with Crippen molar-refractivity contribution in [2.75, 3.05) is 18.1 Å². The van der Waals surface area contributed by atoms with E-state index in [4.69, 9.17) is 9.02 Å². The molecule has 1 heterocycles. The number of carbonyl (C=O) groups is 3. The molecule has 1 N–H and O–H groups in total. The van der Waals surface area contributed by atoms with E-state index in [-0.39, 0.29) is 29.6 Å². The maximum absolute atomic E-state index is 13.4. The van der Waals surface area contributed by atoms with Crippen LogP contribution >= 0.6 is 11.8 Å². The lowest BCUT2D eigenvalue weighted by atomic mass is 9.70. The van der Waals surface area contributed by atoms with Crippen LogP contribution in [-0.2, 0) is 23.9 Å². The van der Waals surface area contributed by atoms with Gasteiger partial charge in [-0.3, -0.25) is 14.4 Å². The molecule has 2 amide bonds. The molecule has 0 spiro atoms. The normalized spacial score (nSPS) is 25.1. The van der Waals surface area contributed by atoms with Gasteiger partial charge in [-0.1, -0.05) is 39.3 Å². The van der Waals surface area contributed by atoms with E-state index in [2.05, 4.69) is 0 Å². The van der Waals surface area contributed by atoms with Gasteiger partial charge in [-0.2, -0.15) is 8.42 Å². The predicted molar refractivity (Wildman–Crippen MR) is 150 cm³/mol. The smallest absolute Gasteiger partial charge is 0.305 e. The molecular formula is C29H35NO8S2. The largest absolute Gasteiger partial charge is 0.465 e. The summed E-state index contributed by atoms with van der Waals surface area (Å²) in [7, 11) is -4.41. The third-order valence-electron chi connectivity index (χ3n) is 9.18. The summed E-state index contributed by atoms with van der Waals surface area (Å²) in [4.78, 5) is 39.4. The number of hydroxylamine groups is 2. The van der Waals surface area contributed by atoms with Gasteiger partial charge in [0.25, 0.3) is 21.9 Å².